The van der Waals surface area contributed by atoms with Crippen LogP contribution in [0.3, 0.4) is 0 Å². The van der Waals surface area contributed by atoms with Gasteiger partial charge in [0.1, 0.15) is 5.60 Å². The molecule has 0 aromatic carbocycles. The number of fused-ring (bicyclic) bond motifs is 1. The largest absolute Gasteiger partial charge is 0.444 e. The van der Waals surface area contributed by atoms with Crippen molar-refractivity contribution in [3.8, 4) is 0 Å². The smallest absolute Gasteiger partial charge is 0.410 e. The zero-order chi connectivity index (χ0) is 17.2. The summed E-state index contributed by atoms with van der Waals surface area (Å²) >= 11 is 0. The van der Waals surface area contributed by atoms with Gasteiger partial charge in [-0.1, -0.05) is 6.42 Å². The van der Waals surface area contributed by atoms with Gasteiger partial charge in [0.05, 0.1) is 6.61 Å². The summed E-state index contributed by atoms with van der Waals surface area (Å²) in [4.78, 5) is 16.5. The molecule has 3 atom stereocenters. The fourth-order valence-corrected chi connectivity index (χ4v) is 4.16. The third kappa shape index (κ3) is 4.85. The Labute approximate surface area is 146 Å². The van der Waals surface area contributed by atoms with Gasteiger partial charge in [0.2, 0.25) is 0 Å². The molecule has 1 saturated carbocycles. The van der Waals surface area contributed by atoms with Gasteiger partial charge in [-0.05, 0) is 70.9 Å². The summed E-state index contributed by atoms with van der Waals surface area (Å²) in [5, 5.41) is 0. The van der Waals surface area contributed by atoms with Gasteiger partial charge >= 0.3 is 6.09 Å². The van der Waals surface area contributed by atoms with Crippen LogP contribution in [0.1, 0.15) is 46.5 Å². The SMILES string of the molecule is CC(C)(C)OC(=O)N1C[C@@H]2[C@H](COCCCN3CCCCC3)[C@@H]2C1. The van der Waals surface area contributed by atoms with Crippen LogP contribution >= 0.6 is 0 Å². The van der Waals surface area contributed by atoms with Crippen molar-refractivity contribution in [2.75, 3.05) is 45.9 Å². The monoisotopic (exact) mass is 338 g/mol. The molecule has 138 valence electrons. The molecule has 2 heterocycles. The Morgan fingerprint density at radius 2 is 1.75 bits per heavy atom. The zero-order valence-electron chi connectivity index (χ0n) is 15.6. The van der Waals surface area contributed by atoms with Crippen LogP contribution in [0.5, 0.6) is 0 Å². The predicted octanol–water partition coefficient (Wildman–Crippen LogP) is 2.99. The Hall–Kier alpha value is -0.810. The summed E-state index contributed by atoms with van der Waals surface area (Å²) in [6, 6.07) is 0. The standard InChI is InChI=1S/C19H34N2O3/c1-19(2,3)24-18(22)21-12-15-16(13-21)17(15)14-23-11-7-10-20-8-5-4-6-9-20/h15-17H,4-14H2,1-3H3/t15-,16+,17-. The number of nitrogens with zero attached hydrogens (tertiary/aromatic N) is 2. The molecule has 0 bridgehead atoms. The van der Waals surface area contributed by atoms with Crippen molar-refractivity contribution in [1.82, 2.24) is 9.80 Å². The maximum absolute atomic E-state index is 12.1. The molecule has 3 fully saturated rings. The quantitative estimate of drug-likeness (QED) is 0.698. The van der Waals surface area contributed by atoms with E-state index in [4.69, 9.17) is 9.47 Å². The second-order valence-corrected chi connectivity index (χ2v) is 8.71. The number of carbonyl (C=O) groups excluding carboxylic acids is 1. The normalized spacial score (nSPS) is 30.3. The van der Waals surface area contributed by atoms with E-state index in [9.17, 15) is 4.79 Å². The van der Waals surface area contributed by atoms with Crippen molar-refractivity contribution in [2.45, 2.75) is 52.1 Å². The molecular weight excluding hydrogens is 304 g/mol. The summed E-state index contributed by atoms with van der Waals surface area (Å²) in [6.07, 6.45) is 5.11. The van der Waals surface area contributed by atoms with Gasteiger partial charge in [-0.15, -0.1) is 0 Å². The second kappa shape index (κ2) is 7.61. The zero-order valence-corrected chi connectivity index (χ0v) is 15.6. The fraction of sp³-hybridized carbons (Fsp3) is 0.947. The van der Waals surface area contributed by atoms with Crippen molar-refractivity contribution in [2.24, 2.45) is 17.8 Å². The summed E-state index contributed by atoms with van der Waals surface area (Å²) in [5.41, 5.74) is -0.402. The number of rotatable bonds is 6. The van der Waals surface area contributed by atoms with Gasteiger partial charge in [0, 0.05) is 26.2 Å². The van der Waals surface area contributed by atoms with Crippen LogP contribution in [-0.2, 0) is 9.47 Å². The number of piperidine rings is 2. The Morgan fingerprint density at radius 1 is 1.08 bits per heavy atom. The first kappa shape index (κ1) is 18.0. The van der Waals surface area contributed by atoms with Crippen LogP contribution in [0.2, 0.25) is 0 Å². The lowest BCUT2D eigenvalue weighted by molar-refractivity contribution is 0.0248. The molecule has 1 aliphatic carbocycles. The van der Waals surface area contributed by atoms with Crippen molar-refractivity contribution >= 4 is 6.09 Å². The van der Waals surface area contributed by atoms with E-state index in [2.05, 4.69) is 4.90 Å². The lowest BCUT2D eigenvalue weighted by Crippen LogP contribution is -2.37. The van der Waals surface area contributed by atoms with Crippen LogP contribution < -0.4 is 0 Å². The molecule has 0 spiro atoms. The number of likely N-dealkylation sites (tertiary alicyclic amines) is 2. The maximum Gasteiger partial charge on any atom is 0.410 e. The molecule has 24 heavy (non-hydrogen) atoms. The predicted molar refractivity (Wildman–Crippen MR) is 94.0 cm³/mol. The molecule has 5 heteroatoms. The van der Waals surface area contributed by atoms with Crippen LogP contribution in [-0.4, -0.2) is 67.4 Å². The average molecular weight is 338 g/mol. The van der Waals surface area contributed by atoms with Crippen LogP contribution in [0.4, 0.5) is 4.79 Å². The Balaban J connectivity index is 1.24. The highest BCUT2D eigenvalue weighted by atomic mass is 16.6. The molecular formula is C19H34N2O3. The first-order valence-electron chi connectivity index (χ1n) is 9.72. The molecule has 3 rings (SSSR count). The average Bonchev–Trinajstić information content (AvgIpc) is 2.97. The van der Waals surface area contributed by atoms with E-state index in [0.717, 1.165) is 32.7 Å². The van der Waals surface area contributed by atoms with Crippen molar-refractivity contribution in [3.05, 3.63) is 0 Å². The van der Waals surface area contributed by atoms with Gasteiger partial charge in [0.15, 0.2) is 0 Å². The first-order chi connectivity index (χ1) is 11.4. The lowest BCUT2D eigenvalue weighted by Gasteiger charge is -2.26. The Bertz CT molecular complexity index is 417. The Kier molecular flexibility index (Phi) is 5.70. The summed E-state index contributed by atoms with van der Waals surface area (Å²) in [6.45, 7) is 12.9. The molecule has 2 saturated heterocycles. The minimum Gasteiger partial charge on any atom is -0.444 e. The molecule has 5 nitrogen and oxygen atoms in total. The third-order valence-electron chi connectivity index (χ3n) is 5.55. The topological polar surface area (TPSA) is 42.0 Å². The summed E-state index contributed by atoms with van der Waals surface area (Å²) in [7, 11) is 0. The van der Waals surface area contributed by atoms with Crippen LogP contribution in [0.25, 0.3) is 0 Å². The van der Waals surface area contributed by atoms with Crippen molar-refractivity contribution in [3.63, 3.8) is 0 Å². The third-order valence-corrected chi connectivity index (χ3v) is 5.55. The van der Waals surface area contributed by atoms with Crippen molar-refractivity contribution < 1.29 is 14.3 Å². The van der Waals surface area contributed by atoms with Crippen LogP contribution in [0.15, 0.2) is 0 Å². The van der Waals surface area contributed by atoms with Gasteiger partial charge in [-0.25, -0.2) is 4.79 Å². The molecule has 0 radical (unpaired) electrons. The number of hydrogen-bond donors (Lipinski definition) is 0. The molecule has 2 aliphatic heterocycles. The van der Waals surface area contributed by atoms with E-state index in [1.165, 1.54) is 38.9 Å². The van der Waals surface area contributed by atoms with E-state index in [-0.39, 0.29) is 6.09 Å². The minimum absolute atomic E-state index is 0.157. The highest BCUT2D eigenvalue weighted by Gasteiger charge is 2.56. The number of hydrogen-bond acceptors (Lipinski definition) is 4. The molecule has 3 aliphatic rings. The van der Waals surface area contributed by atoms with E-state index in [1.54, 1.807) is 0 Å². The van der Waals surface area contributed by atoms with Crippen LogP contribution in [0, 0.1) is 17.8 Å². The highest BCUT2D eigenvalue weighted by molar-refractivity contribution is 5.68. The molecule has 0 N–H and O–H groups in total. The maximum atomic E-state index is 12.1. The minimum atomic E-state index is -0.402. The molecule has 0 aromatic heterocycles. The lowest BCUT2D eigenvalue weighted by atomic mass is 10.1. The number of ether oxygens (including phenoxy) is 2. The molecule has 1 amide bonds. The van der Waals surface area contributed by atoms with E-state index in [0.29, 0.717) is 17.8 Å². The summed E-state index contributed by atoms with van der Waals surface area (Å²) in [5.74, 6) is 1.94. The van der Waals surface area contributed by atoms with Gasteiger partial charge in [-0.2, -0.15) is 0 Å². The van der Waals surface area contributed by atoms with E-state index >= 15 is 0 Å². The van der Waals surface area contributed by atoms with E-state index < -0.39 is 5.60 Å². The second-order valence-electron chi connectivity index (χ2n) is 8.71. The number of amides is 1. The van der Waals surface area contributed by atoms with E-state index in [1.807, 2.05) is 25.7 Å². The molecule has 0 aromatic rings. The summed E-state index contributed by atoms with van der Waals surface area (Å²) < 4.78 is 11.3. The van der Waals surface area contributed by atoms with Gasteiger partial charge < -0.3 is 19.3 Å². The molecule has 0 unspecified atom stereocenters. The first-order valence-corrected chi connectivity index (χ1v) is 9.72. The van der Waals surface area contributed by atoms with Crippen molar-refractivity contribution in [1.29, 1.82) is 0 Å². The van der Waals surface area contributed by atoms with Gasteiger partial charge in [-0.3, -0.25) is 0 Å². The fourth-order valence-electron chi connectivity index (χ4n) is 4.16. The van der Waals surface area contributed by atoms with Gasteiger partial charge in [0.25, 0.3) is 0 Å². The number of carbonyl (C=O) groups is 1. The highest BCUT2D eigenvalue weighted by Crippen LogP contribution is 2.51. The Morgan fingerprint density at radius 3 is 2.38 bits per heavy atom.